The van der Waals surface area contributed by atoms with Crippen LogP contribution in [0.3, 0.4) is 0 Å². The van der Waals surface area contributed by atoms with Crippen LogP contribution in [-0.2, 0) is 12.8 Å². The molecular formula is C19H20ClN3OS. The maximum absolute atomic E-state index is 6.04. The summed E-state index contributed by atoms with van der Waals surface area (Å²) in [7, 11) is 1.67. The van der Waals surface area contributed by atoms with Crippen molar-refractivity contribution in [2.24, 2.45) is 0 Å². The van der Waals surface area contributed by atoms with Crippen LogP contribution in [-0.4, -0.2) is 22.5 Å². The van der Waals surface area contributed by atoms with Crippen LogP contribution < -0.4 is 10.1 Å². The number of hydrogen-bond donors (Lipinski definition) is 1. The van der Waals surface area contributed by atoms with Crippen LogP contribution in [0.5, 0.6) is 5.75 Å². The highest BCUT2D eigenvalue weighted by Crippen LogP contribution is 2.19. The lowest BCUT2D eigenvalue weighted by molar-refractivity contribution is 0.414. The van der Waals surface area contributed by atoms with Gasteiger partial charge >= 0.3 is 0 Å². The van der Waals surface area contributed by atoms with Crippen LogP contribution in [0.25, 0.3) is 0 Å². The Morgan fingerprint density at radius 2 is 1.96 bits per heavy atom. The van der Waals surface area contributed by atoms with Crippen LogP contribution in [0, 0.1) is 0 Å². The first-order valence-electron chi connectivity index (χ1n) is 8.09. The zero-order valence-electron chi connectivity index (χ0n) is 14.2. The molecule has 3 rings (SSSR count). The van der Waals surface area contributed by atoms with Crippen LogP contribution in [0.4, 0.5) is 5.13 Å². The highest BCUT2D eigenvalue weighted by molar-refractivity contribution is 7.09. The monoisotopic (exact) mass is 373 g/mol. The average molecular weight is 374 g/mol. The standard InChI is InChI=1S/C19H20ClN3OS/c1-13(9-14-5-3-7-16(20)10-14)21-19-22-18(23-25-19)12-15-6-4-8-17(11-15)24-2/h3-8,10-11,13H,9,12H2,1-2H3,(H,21,22,23). The summed E-state index contributed by atoms with van der Waals surface area (Å²) in [6.07, 6.45) is 1.57. The Kier molecular flexibility index (Phi) is 5.89. The Balaban J connectivity index is 1.59. The molecular weight excluding hydrogens is 354 g/mol. The van der Waals surface area contributed by atoms with Crippen LogP contribution in [0.15, 0.2) is 48.5 Å². The minimum atomic E-state index is 0.246. The Morgan fingerprint density at radius 3 is 2.76 bits per heavy atom. The predicted octanol–water partition coefficient (Wildman–Crippen LogP) is 4.83. The highest BCUT2D eigenvalue weighted by atomic mass is 35.5. The number of anilines is 1. The van der Waals surface area contributed by atoms with Gasteiger partial charge in [-0.15, -0.1) is 0 Å². The fourth-order valence-corrected chi connectivity index (χ4v) is 3.54. The molecule has 0 saturated carbocycles. The molecule has 0 spiro atoms. The summed E-state index contributed by atoms with van der Waals surface area (Å²) in [6.45, 7) is 2.13. The second-order valence-corrected chi connectivity index (χ2v) is 7.11. The van der Waals surface area contributed by atoms with Gasteiger partial charge in [0.25, 0.3) is 0 Å². The number of aromatic nitrogens is 2. The lowest BCUT2D eigenvalue weighted by Crippen LogP contribution is -2.17. The maximum Gasteiger partial charge on any atom is 0.202 e. The number of nitrogens with zero attached hydrogens (tertiary/aromatic N) is 2. The third-order valence-electron chi connectivity index (χ3n) is 3.77. The van der Waals surface area contributed by atoms with Gasteiger partial charge in [0.05, 0.1) is 7.11 Å². The molecule has 4 nitrogen and oxygen atoms in total. The first-order valence-corrected chi connectivity index (χ1v) is 9.24. The van der Waals surface area contributed by atoms with Gasteiger partial charge in [-0.05, 0) is 48.7 Å². The number of nitrogens with one attached hydrogen (secondary N) is 1. The number of benzene rings is 2. The van der Waals surface area contributed by atoms with E-state index in [0.717, 1.165) is 33.7 Å². The first kappa shape index (κ1) is 17.7. The van der Waals surface area contributed by atoms with E-state index in [0.29, 0.717) is 6.42 Å². The number of ether oxygens (including phenoxy) is 1. The van der Waals surface area contributed by atoms with Crippen molar-refractivity contribution in [3.63, 3.8) is 0 Å². The lowest BCUT2D eigenvalue weighted by Gasteiger charge is -2.12. The summed E-state index contributed by atoms with van der Waals surface area (Å²) in [4.78, 5) is 4.59. The molecule has 0 bridgehead atoms. The number of hydrogen-bond acceptors (Lipinski definition) is 5. The minimum absolute atomic E-state index is 0.246. The molecule has 25 heavy (non-hydrogen) atoms. The first-order chi connectivity index (χ1) is 12.1. The third-order valence-corrected chi connectivity index (χ3v) is 4.68. The summed E-state index contributed by atoms with van der Waals surface area (Å²) in [5, 5.41) is 5.02. The van der Waals surface area contributed by atoms with Gasteiger partial charge in [0.2, 0.25) is 5.13 Å². The van der Waals surface area contributed by atoms with Crippen molar-refractivity contribution in [2.45, 2.75) is 25.8 Å². The van der Waals surface area contributed by atoms with Crippen LogP contribution in [0.2, 0.25) is 5.02 Å². The van der Waals surface area contributed by atoms with E-state index in [1.807, 2.05) is 36.4 Å². The van der Waals surface area contributed by atoms with E-state index in [1.54, 1.807) is 7.11 Å². The van der Waals surface area contributed by atoms with Crippen LogP contribution >= 0.6 is 23.1 Å². The van der Waals surface area contributed by atoms with E-state index in [1.165, 1.54) is 17.1 Å². The molecule has 1 aromatic heterocycles. The lowest BCUT2D eigenvalue weighted by atomic mass is 10.1. The van der Waals surface area contributed by atoms with E-state index >= 15 is 0 Å². The summed E-state index contributed by atoms with van der Waals surface area (Å²) in [6, 6.07) is 16.2. The normalized spacial score (nSPS) is 12.0. The number of halogens is 1. The topological polar surface area (TPSA) is 47.0 Å². The van der Waals surface area contributed by atoms with Crippen molar-refractivity contribution in [1.82, 2.24) is 9.36 Å². The largest absolute Gasteiger partial charge is 0.497 e. The molecule has 0 amide bonds. The molecule has 0 fully saturated rings. The molecule has 0 aliphatic carbocycles. The van der Waals surface area contributed by atoms with Gasteiger partial charge in [-0.25, -0.2) is 4.98 Å². The van der Waals surface area contributed by atoms with Crippen molar-refractivity contribution in [1.29, 1.82) is 0 Å². The van der Waals surface area contributed by atoms with Crippen molar-refractivity contribution in [3.05, 3.63) is 70.5 Å². The van der Waals surface area contributed by atoms with Crippen molar-refractivity contribution in [2.75, 3.05) is 12.4 Å². The molecule has 1 atom stereocenters. The molecule has 0 aliphatic rings. The van der Waals surface area contributed by atoms with E-state index < -0.39 is 0 Å². The highest BCUT2D eigenvalue weighted by Gasteiger charge is 2.09. The summed E-state index contributed by atoms with van der Waals surface area (Å²) in [5.74, 6) is 1.66. The summed E-state index contributed by atoms with van der Waals surface area (Å²) in [5.41, 5.74) is 2.34. The maximum atomic E-state index is 6.04. The molecule has 6 heteroatoms. The molecule has 1 unspecified atom stereocenters. The second kappa shape index (κ2) is 8.32. The Labute approximate surface area is 157 Å². The van der Waals surface area contributed by atoms with Crippen LogP contribution in [0.1, 0.15) is 23.9 Å². The molecule has 0 radical (unpaired) electrons. The van der Waals surface area contributed by atoms with E-state index in [2.05, 4.69) is 33.7 Å². The van der Waals surface area contributed by atoms with Gasteiger partial charge in [-0.2, -0.15) is 4.37 Å². The number of rotatable bonds is 7. The molecule has 1 N–H and O–H groups in total. The molecule has 2 aromatic carbocycles. The molecule has 1 heterocycles. The van der Waals surface area contributed by atoms with E-state index in [9.17, 15) is 0 Å². The zero-order valence-corrected chi connectivity index (χ0v) is 15.8. The van der Waals surface area contributed by atoms with Gasteiger partial charge in [-0.1, -0.05) is 35.9 Å². The number of methoxy groups -OCH3 is 1. The Morgan fingerprint density at radius 1 is 1.16 bits per heavy atom. The van der Waals surface area contributed by atoms with Gasteiger partial charge in [0.15, 0.2) is 0 Å². The minimum Gasteiger partial charge on any atom is -0.497 e. The molecule has 0 aliphatic heterocycles. The Bertz CT molecular complexity index is 837. The second-order valence-electron chi connectivity index (χ2n) is 5.92. The SMILES string of the molecule is COc1cccc(Cc2nsc(NC(C)Cc3cccc(Cl)c3)n2)c1. The van der Waals surface area contributed by atoms with Gasteiger partial charge in [0.1, 0.15) is 11.6 Å². The van der Waals surface area contributed by atoms with Gasteiger partial charge < -0.3 is 10.1 Å². The van der Waals surface area contributed by atoms with Gasteiger partial charge in [-0.3, -0.25) is 0 Å². The molecule has 130 valence electrons. The van der Waals surface area contributed by atoms with E-state index in [-0.39, 0.29) is 6.04 Å². The fourth-order valence-electron chi connectivity index (χ4n) is 2.63. The van der Waals surface area contributed by atoms with Crippen molar-refractivity contribution >= 4 is 28.3 Å². The Hall–Kier alpha value is -2.11. The smallest absolute Gasteiger partial charge is 0.202 e. The van der Waals surface area contributed by atoms with Crippen molar-refractivity contribution < 1.29 is 4.74 Å². The molecule has 0 saturated heterocycles. The van der Waals surface area contributed by atoms with Crippen molar-refractivity contribution in [3.8, 4) is 5.75 Å². The zero-order chi connectivity index (χ0) is 17.6. The summed E-state index contributed by atoms with van der Waals surface area (Å²) < 4.78 is 9.70. The quantitative estimate of drug-likeness (QED) is 0.644. The third kappa shape index (κ3) is 5.18. The van der Waals surface area contributed by atoms with Gasteiger partial charge in [0, 0.05) is 29.0 Å². The summed E-state index contributed by atoms with van der Waals surface area (Å²) >= 11 is 7.43. The predicted molar refractivity (Wildman–Crippen MR) is 104 cm³/mol. The average Bonchev–Trinajstić information content (AvgIpc) is 3.01. The van der Waals surface area contributed by atoms with E-state index in [4.69, 9.17) is 16.3 Å². The molecule has 3 aromatic rings. The fraction of sp³-hybridized carbons (Fsp3) is 0.263.